The molecule has 2 fully saturated rings. The Hall–Kier alpha value is -3.60. The van der Waals surface area contributed by atoms with Gasteiger partial charge in [-0.3, -0.25) is 19.3 Å². The van der Waals surface area contributed by atoms with Gasteiger partial charge in [0.15, 0.2) is 0 Å². The van der Waals surface area contributed by atoms with Crippen LogP contribution >= 0.6 is 0 Å². The second-order valence-corrected chi connectivity index (χ2v) is 10.3. The Morgan fingerprint density at radius 1 is 1.03 bits per heavy atom. The monoisotopic (exact) mass is 544 g/mol. The topological polar surface area (TPSA) is 82.2 Å². The number of nitrogens with zero attached hydrogens (tertiary/aromatic N) is 3. The van der Waals surface area contributed by atoms with E-state index in [1.54, 1.807) is 34.1 Å². The van der Waals surface area contributed by atoms with Gasteiger partial charge in [-0.15, -0.1) is 0 Å². The number of fused-ring (bicyclic) bond motifs is 2. The molecule has 11 heteroatoms. The molecule has 1 saturated heterocycles. The number of hydrogen-bond acceptors (Lipinski definition) is 5. The molecule has 1 N–H and O–H groups in total. The number of nitrogens with one attached hydrogen (secondary N) is 1. The first-order valence-corrected chi connectivity index (χ1v) is 13.2. The second-order valence-electron chi connectivity index (χ2n) is 10.3. The van der Waals surface area contributed by atoms with Gasteiger partial charge < -0.3 is 19.9 Å². The third kappa shape index (κ3) is 6.52. The lowest BCUT2D eigenvalue weighted by molar-refractivity contribution is -0.138. The SMILES string of the molecule is O=C1NCCN(CC2CC2)CC(=O)N2CCN(C(=O)c3ccccc3)C[C@H]2COc2ccc(C(F)(F)F)cc21. The van der Waals surface area contributed by atoms with Crippen LogP contribution in [0.4, 0.5) is 13.2 Å². The molecule has 5 rings (SSSR count). The van der Waals surface area contributed by atoms with Crippen LogP contribution in [-0.2, 0) is 11.0 Å². The van der Waals surface area contributed by atoms with Gasteiger partial charge in [-0.05, 0) is 49.1 Å². The van der Waals surface area contributed by atoms with E-state index in [1.165, 1.54) is 0 Å². The molecule has 2 aromatic carbocycles. The Labute approximate surface area is 224 Å². The maximum atomic E-state index is 13.5. The maximum Gasteiger partial charge on any atom is 0.416 e. The number of halogens is 3. The number of carbonyl (C=O) groups is 3. The van der Waals surface area contributed by atoms with E-state index in [0.29, 0.717) is 37.7 Å². The van der Waals surface area contributed by atoms with Gasteiger partial charge in [-0.25, -0.2) is 0 Å². The molecule has 2 aromatic rings. The third-order valence-corrected chi connectivity index (χ3v) is 7.38. The smallest absolute Gasteiger partial charge is 0.416 e. The van der Waals surface area contributed by atoms with E-state index >= 15 is 0 Å². The average Bonchev–Trinajstić information content (AvgIpc) is 3.74. The van der Waals surface area contributed by atoms with E-state index in [2.05, 4.69) is 5.32 Å². The highest BCUT2D eigenvalue weighted by Crippen LogP contribution is 2.33. The van der Waals surface area contributed by atoms with E-state index in [4.69, 9.17) is 4.74 Å². The zero-order valence-corrected chi connectivity index (χ0v) is 21.5. The average molecular weight is 545 g/mol. The number of piperazine rings is 1. The first-order valence-electron chi connectivity index (χ1n) is 13.2. The molecule has 1 saturated carbocycles. The van der Waals surface area contributed by atoms with E-state index < -0.39 is 23.7 Å². The van der Waals surface area contributed by atoms with Gasteiger partial charge in [0, 0.05) is 44.8 Å². The summed E-state index contributed by atoms with van der Waals surface area (Å²) in [5.41, 5.74) is -0.641. The predicted octanol–water partition coefficient (Wildman–Crippen LogP) is 2.89. The van der Waals surface area contributed by atoms with Gasteiger partial charge in [0.25, 0.3) is 11.8 Å². The molecule has 39 heavy (non-hydrogen) atoms. The number of benzene rings is 2. The molecule has 3 aliphatic rings. The normalized spacial score (nSPS) is 21.5. The van der Waals surface area contributed by atoms with Crippen molar-refractivity contribution in [2.75, 3.05) is 52.4 Å². The molecule has 3 amide bonds. The molecule has 1 aliphatic carbocycles. The molecule has 208 valence electrons. The van der Waals surface area contributed by atoms with E-state index in [-0.39, 0.29) is 49.4 Å². The Bertz CT molecular complexity index is 1220. The molecule has 2 aliphatic heterocycles. The predicted molar refractivity (Wildman–Crippen MR) is 136 cm³/mol. The van der Waals surface area contributed by atoms with Crippen molar-refractivity contribution in [2.24, 2.45) is 5.92 Å². The van der Waals surface area contributed by atoms with Crippen molar-refractivity contribution in [2.45, 2.75) is 25.1 Å². The van der Waals surface area contributed by atoms with Crippen LogP contribution in [0.3, 0.4) is 0 Å². The van der Waals surface area contributed by atoms with Gasteiger partial charge in [-0.1, -0.05) is 18.2 Å². The van der Waals surface area contributed by atoms with Crippen LogP contribution in [0.2, 0.25) is 0 Å². The summed E-state index contributed by atoms with van der Waals surface area (Å²) in [5, 5.41) is 2.69. The Morgan fingerprint density at radius 3 is 2.51 bits per heavy atom. The first kappa shape index (κ1) is 27.0. The first-order chi connectivity index (χ1) is 18.7. The van der Waals surface area contributed by atoms with Crippen LogP contribution in [0.1, 0.15) is 39.1 Å². The van der Waals surface area contributed by atoms with Gasteiger partial charge in [0.2, 0.25) is 5.91 Å². The fraction of sp³-hybridized carbons (Fsp3) is 0.464. The molecule has 8 nitrogen and oxygen atoms in total. The number of carbonyl (C=O) groups excluding carboxylic acids is 3. The molecular weight excluding hydrogens is 513 g/mol. The molecule has 1 atom stereocenters. The quantitative estimate of drug-likeness (QED) is 0.643. The summed E-state index contributed by atoms with van der Waals surface area (Å²) in [5.74, 6) is -0.452. The van der Waals surface area contributed by atoms with Crippen molar-refractivity contribution in [3.63, 3.8) is 0 Å². The number of rotatable bonds is 3. The molecule has 0 aromatic heterocycles. The van der Waals surface area contributed by atoms with Crippen LogP contribution in [-0.4, -0.2) is 90.9 Å². The summed E-state index contributed by atoms with van der Waals surface area (Å²) in [6.45, 7) is 2.20. The van der Waals surface area contributed by atoms with Crippen molar-refractivity contribution in [3.8, 4) is 5.75 Å². The van der Waals surface area contributed by atoms with Gasteiger partial charge in [0.1, 0.15) is 12.4 Å². The van der Waals surface area contributed by atoms with E-state index in [9.17, 15) is 27.6 Å². The summed E-state index contributed by atoms with van der Waals surface area (Å²) < 4.78 is 46.2. The Balaban J connectivity index is 1.43. The summed E-state index contributed by atoms with van der Waals surface area (Å²) >= 11 is 0. The maximum absolute atomic E-state index is 13.5. The summed E-state index contributed by atoms with van der Waals surface area (Å²) in [6, 6.07) is 11.1. The lowest BCUT2D eigenvalue weighted by Crippen LogP contribution is -2.60. The van der Waals surface area contributed by atoms with Crippen molar-refractivity contribution in [1.29, 1.82) is 0 Å². The highest BCUT2D eigenvalue weighted by atomic mass is 19.4. The molecule has 0 spiro atoms. The molecular formula is C28H31F3N4O4. The second kappa shape index (κ2) is 11.3. The van der Waals surface area contributed by atoms with Gasteiger partial charge >= 0.3 is 6.18 Å². The molecule has 0 unspecified atom stereocenters. The van der Waals surface area contributed by atoms with Crippen LogP contribution in [0.15, 0.2) is 48.5 Å². The minimum Gasteiger partial charge on any atom is -0.491 e. The summed E-state index contributed by atoms with van der Waals surface area (Å²) in [6.07, 6.45) is -2.45. The number of alkyl halides is 3. The lowest BCUT2D eigenvalue weighted by atomic mass is 10.1. The highest BCUT2D eigenvalue weighted by Gasteiger charge is 2.36. The van der Waals surface area contributed by atoms with Crippen LogP contribution < -0.4 is 10.1 Å². The highest BCUT2D eigenvalue weighted by molar-refractivity contribution is 5.97. The molecule has 0 radical (unpaired) electrons. The van der Waals surface area contributed by atoms with Gasteiger partial charge in [-0.2, -0.15) is 13.2 Å². The molecule has 2 heterocycles. The summed E-state index contributed by atoms with van der Waals surface area (Å²) in [4.78, 5) is 44.9. The fourth-order valence-corrected chi connectivity index (χ4v) is 5.07. The molecule has 0 bridgehead atoms. The standard InChI is InChI=1S/C28H31F3N4O4/c29-28(30,31)21-8-9-24-23(14-21)26(37)32-10-11-33(15-19-6-7-19)17-25(36)35-13-12-34(16-22(35)18-39-24)27(38)20-4-2-1-3-5-20/h1-5,8-9,14,19,22H,6-7,10-13,15-18H2,(H,32,37)/t22-/m0/s1. The zero-order valence-electron chi connectivity index (χ0n) is 21.5. The van der Waals surface area contributed by atoms with Crippen molar-refractivity contribution in [3.05, 3.63) is 65.2 Å². The Kier molecular flexibility index (Phi) is 7.79. The van der Waals surface area contributed by atoms with Crippen molar-refractivity contribution < 1.29 is 32.3 Å². The van der Waals surface area contributed by atoms with Crippen molar-refractivity contribution >= 4 is 17.7 Å². The lowest BCUT2D eigenvalue weighted by Gasteiger charge is -2.42. The van der Waals surface area contributed by atoms with Crippen LogP contribution in [0.5, 0.6) is 5.75 Å². The van der Waals surface area contributed by atoms with Crippen LogP contribution in [0.25, 0.3) is 0 Å². The Morgan fingerprint density at radius 2 is 1.79 bits per heavy atom. The number of hydrogen-bond donors (Lipinski definition) is 1. The summed E-state index contributed by atoms with van der Waals surface area (Å²) in [7, 11) is 0. The number of amides is 3. The zero-order chi connectivity index (χ0) is 27.6. The van der Waals surface area contributed by atoms with E-state index in [0.717, 1.165) is 31.0 Å². The third-order valence-electron chi connectivity index (χ3n) is 7.38. The minimum atomic E-state index is -4.62. The van der Waals surface area contributed by atoms with Crippen molar-refractivity contribution in [1.82, 2.24) is 20.0 Å². The van der Waals surface area contributed by atoms with E-state index in [1.807, 2.05) is 11.0 Å². The largest absolute Gasteiger partial charge is 0.491 e. The van der Waals surface area contributed by atoms with Crippen LogP contribution in [0, 0.1) is 5.92 Å². The van der Waals surface area contributed by atoms with Gasteiger partial charge in [0.05, 0.1) is 23.7 Å². The number of ether oxygens (including phenoxy) is 1. The minimum absolute atomic E-state index is 0.00603. The fourth-order valence-electron chi connectivity index (χ4n) is 5.07.